The molecular formula is C15H19N3O. The van der Waals surface area contributed by atoms with E-state index in [0.717, 1.165) is 48.2 Å². The molecule has 0 radical (unpaired) electrons. The normalized spacial score (nSPS) is 17.1. The second kappa shape index (κ2) is 5.15. The predicted molar refractivity (Wildman–Crippen MR) is 77.1 cm³/mol. The van der Waals surface area contributed by atoms with Gasteiger partial charge in [-0.05, 0) is 30.5 Å². The molecule has 0 saturated carbocycles. The quantitative estimate of drug-likeness (QED) is 0.859. The standard InChI is InChI=1S/C15H19N3O/c16-10-11-9-15(18-7-5-12(19)6-8-18)17-14-4-2-1-3-13(11)14/h1-4,9,12,19H,5-8,10,16H2. The molecule has 1 aromatic heterocycles. The van der Waals surface area contributed by atoms with Gasteiger partial charge >= 0.3 is 0 Å². The minimum atomic E-state index is -0.161. The summed E-state index contributed by atoms with van der Waals surface area (Å²) in [5, 5.41) is 10.7. The molecule has 1 aromatic carbocycles. The van der Waals surface area contributed by atoms with E-state index in [-0.39, 0.29) is 6.10 Å². The number of piperidine rings is 1. The van der Waals surface area contributed by atoms with Crippen molar-refractivity contribution in [3.63, 3.8) is 0 Å². The minimum Gasteiger partial charge on any atom is -0.393 e. The third-order valence-electron chi connectivity index (χ3n) is 3.80. The zero-order valence-corrected chi connectivity index (χ0v) is 10.9. The fourth-order valence-electron chi connectivity index (χ4n) is 2.66. The Balaban J connectivity index is 2.00. The Morgan fingerprint density at radius 1 is 1.26 bits per heavy atom. The molecule has 1 saturated heterocycles. The van der Waals surface area contributed by atoms with Gasteiger partial charge in [-0.1, -0.05) is 18.2 Å². The van der Waals surface area contributed by atoms with Gasteiger partial charge in [0.15, 0.2) is 0 Å². The second-order valence-electron chi connectivity index (χ2n) is 5.08. The molecule has 3 rings (SSSR count). The maximum Gasteiger partial charge on any atom is 0.129 e. The summed E-state index contributed by atoms with van der Waals surface area (Å²) < 4.78 is 0. The van der Waals surface area contributed by atoms with Gasteiger partial charge in [-0.15, -0.1) is 0 Å². The molecule has 19 heavy (non-hydrogen) atoms. The number of nitrogens with two attached hydrogens (primary N) is 1. The Labute approximate surface area is 112 Å². The summed E-state index contributed by atoms with van der Waals surface area (Å²) in [5.74, 6) is 0.978. The first-order chi connectivity index (χ1) is 9.28. The van der Waals surface area contributed by atoms with Gasteiger partial charge in [0.1, 0.15) is 5.82 Å². The van der Waals surface area contributed by atoms with Gasteiger partial charge in [-0.2, -0.15) is 0 Å². The van der Waals surface area contributed by atoms with Crippen LogP contribution in [0.5, 0.6) is 0 Å². The van der Waals surface area contributed by atoms with Crippen LogP contribution in [0, 0.1) is 0 Å². The minimum absolute atomic E-state index is 0.161. The number of pyridine rings is 1. The first-order valence-electron chi connectivity index (χ1n) is 6.79. The lowest BCUT2D eigenvalue weighted by molar-refractivity contribution is 0.145. The molecule has 1 aliphatic rings. The van der Waals surface area contributed by atoms with Gasteiger partial charge in [0.25, 0.3) is 0 Å². The number of aliphatic hydroxyl groups excluding tert-OH is 1. The third-order valence-corrected chi connectivity index (χ3v) is 3.80. The third kappa shape index (κ3) is 2.41. The molecule has 0 bridgehead atoms. The number of aromatic nitrogens is 1. The highest BCUT2D eigenvalue weighted by molar-refractivity contribution is 5.84. The van der Waals surface area contributed by atoms with E-state index in [1.807, 2.05) is 18.2 Å². The van der Waals surface area contributed by atoms with Gasteiger partial charge in [0.2, 0.25) is 0 Å². The lowest BCUT2D eigenvalue weighted by atomic mass is 10.1. The van der Waals surface area contributed by atoms with E-state index < -0.39 is 0 Å². The van der Waals surface area contributed by atoms with Crippen molar-refractivity contribution in [1.82, 2.24) is 4.98 Å². The van der Waals surface area contributed by atoms with Crippen molar-refractivity contribution < 1.29 is 5.11 Å². The average molecular weight is 257 g/mol. The Bertz CT molecular complexity index is 577. The van der Waals surface area contributed by atoms with E-state index >= 15 is 0 Å². The zero-order chi connectivity index (χ0) is 13.2. The van der Waals surface area contributed by atoms with E-state index in [1.54, 1.807) is 0 Å². The summed E-state index contributed by atoms with van der Waals surface area (Å²) in [7, 11) is 0. The molecule has 0 amide bonds. The van der Waals surface area contributed by atoms with E-state index in [4.69, 9.17) is 10.7 Å². The largest absolute Gasteiger partial charge is 0.393 e. The number of fused-ring (bicyclic) bond motifs is 1. The molecule has 1 fully saturated rings. The van der Waals surface area contributed by atoms with Gasteiger partial charge in [0, 0.05) is 25.0 Å². The lowest BCUT2D eigenvalue weighted by Crippen LogP contribution is -2.36. The Morgan fingerprint density at radius 2 is 2.00 bits per heavy atom. The molecular weight excluding hydrogens is 238 g/mol. The molecule has 0 aliphatic carbocycles. The second-order valence-corrected chi connectivity index (χ2v) is 5.08. The Kier molecular flexibility index (Phi) is 3.36. The fraction of sp³-hybridized carbons (Fsp3) is 0.400. The summed E-state index contributed by atoms with van der Waals surface area (Å²) in [6, 6.07) is 10.2. The number of benzene rings is 1. The lowest BCUT2D eigenvalue weighted by Gasteiger charge is -2.31. The fourth-order valence-corrected chi connectivity index (χ4v) is 2.66. The van der Waals surface area contributed by atoms with Crippen LogP contribution in [0.25, 0.3) is 10.9 Å². The van der Waals surface area contributed by atoms with Crippen molar-refractivity contribution in [2.24, 2.45) is 5.73 Å². The van der Waals surface area contributed by atoms with Crippen LogP contribution in [0.2, 0.25) is 0 Å². The number of aliphatic hydroxyl groups is 1. The van der Waals surface area contributed by atoms with Crippen molar-refractivity contribution in [2.75, 3.05) is 18.0 Å². The number of nitrogens with zero attached hydrogens (tertiary/aromatic N) is 2. The maximum absolute atomic E-state index is 9.58. The summed E-state index contributed by atoms with van der Waals surface area (Å²) in [4.78, 5) is 6.96. The molecule has 4 heteroatoms. The molecule has 0 unspecified atom stereocenters. The molecule has 4 nitrogen and oxygen atoms in total. The Hall–Kier alpha value is -1.65. The predicted octanol–water partition coefficient (Wildman–Crippen LogP) is 1.65. The highest BCUT2D eigenvalue weighted by Crippen LogP contribution is 2.24. The topological polar surface area (TPSA) is 62.4 Å². The van der Waals surface area contributed by atoms with Crippen LogP contribution < -0.4 is 10.6 Å². The molecule has 2 heterocycles. The summed E-state index contributed by atoms with van der Waals surface area (Å²) in [5.41, 5.74) is 7.97. The van der Waals surface area contributed by atoms with E-state index in [2.05, 4.69) is 17.0 Å². The molecule has 100 valence electrons. The van der Waals surface area contributed by atoms with Crippen LogP contribution in [0.3, 0.4) is 0 Å². The smallest absolute Gasteiger partial charge is 0.129 e. The van der Waals surface area contributed by atoms with Gasteiger partial charge in [0.05, 0.1) is 11.6 Å². The number of hydrogen-bond donors (Lipinski definition) is 2. The molecule has 1 aliphatic heterocycles. The van der Waals surface area contributed by atoms with Gasteiger partial charge < -0.3 is 15.7 Å². The van der Waals surface area contributed by atoms with Crippen LogP contribution in [-0.4, -0.2) is 29.3 Å². The van der Waals surface area contributed by atoms with Crippen molar-refractivity contribution >= 4 is 16.7 Å². The highest BCUT2D eigenvalue weighted by atomic mass is 16.3. The average Bonchev–Trinajstić information content (AvgIpc) is 2.47. The van der Waals surface area contributed by atoms with Crippen LogP contribution in [0.4, 0.5) is 5.82 Å². The Morgan fingerprint density at radius 3 is 2.74 bits per heavy atom. The number of hydrogen-bond acceptors (Lipinski definition) is 4. The van der Waals surface area contributed by atoms with E-state index in [1.165, 1.54) is 0 Å². The SMILES string of the molecule is NCc1cc(N2CCC(O)CC2)nc2ccccc12. The molecule has 0 atom stereocenters. The van der Waals surface area contributed by atoms with Gasteiger partial charge in [-0.25, -0.2) is 4.98 Å². The molecule has 0 spiro atoms. The van der Waals surface area contributed by atoms with E-state index in [9.17, 15) is 5.11 Å². The van der Waals surface area contributed by atoms with Crippen LogP contribution in [0.1, 0.15) is 18.4 Å². The van der Waals surface area contributed by atoms with Crippen LogP contribution in [0.15, 0.2) is 30.3 Å². The maximum atomic E-state index is 9.58. The van der Waals surface area contributed by atoms with Crippen LogP contribution >= 0.6 is 0 Å². The van der Waals surface area contributed by atoms with Crippen molar-refractivity contribution in [1.29, 1.82) is 0 Å². The number of para-hydroxylation sites is 1. The zero-order valence-electron chi connectivity index (χ0n) is 10.9. The van der Waals surface area contributed by atoms with Crippen LogP contribution in [-0.2, 0) is 6.54 Å². The summed E-state index contributed by atoms with van der Waals surface area (Å²) in [6.07, 6.45) is 1.46. The number of rotatable bonds is 2. The summed E-state index contributed by atoms with van der Waals surface area (Å²) in [6.45, 7) is 2.24. The highest BCUT2D eigenvalue weighted by Gasteiger charge is 2.19. The first kappa shape index (κ1) is 12.4. The van der Waals surface area contributed by atoms with Gasteiger partial charge in [-0.3, -0.25) is 0 Å². The monoisotopic (exact) mass is 257 g/mol. The summed E-state index contributed by atoms with van der Waals surface area (Å²) >= 11 is 0. The van der Waals surface area contributed by atoms with Crippen molar-refractivity contribution in [3.05, 3.63) is 35.9 Å². The van der Waals surface area contributed by atoms with Crippen molar-refractivity contribution in [3.8, 4) is 0 Å². The first-order valence-corrected chi connectivity index (χ1v) is 6.79. The molecule has 2 aromatic rings. The number of anilines is 1. The van der Waals surface area contributed by atoms with Crippen molar-refractivity contribution in [2.45, 2.75) is 25.5 Å². The van der Waals surface area contributed by atoms with E-state index in [0.29, 0.717) is 6.54 Å². The molecule has 3 N–H and O–H groups in total.